The molecule has 3 heterocycles. The summed E-state index contributed by atoms with van der Waals surface area (Å²) in [4.78, 5) is 17.8. The predicted molar refractivity (Wildman–Crippen MR) is 79.1 cm³/mol. The molecule has 0 aliphatic carbocycles. The topological polar surface area (TPSA) is 66.8 Å². The molecular formula is C15H17F3N4O2. The van der Waals surface area contributed by atoms with E-state index in [-0.39, 0.29) is 18.5 Å². The molecule has 0 saturated carbocycles. The molecule has 2 unspecified atom stereocenters. The molecule has 2 aliphatic heterocycles. The molecule has 0 radical (unpaired) electrons. The fraction of sp³-hybridized carbons (Fsp3) is 0.533. The van der Waals surface area contributed by atoms with Crippen LogP contribution in [0.15, 0.2) is 29.6 Å². The van der Waals surface area contributed by atoms with Crippen LogP contribution in [0.25, 0.3) is 0 Å². The zero-order valence-corrected chi connectivity index (χ0v) is 12.8. The Labute approximate surface area is 136 Å². The molecule has 130 valence electrons. The lowest BCUT2D eigenvalue weighted by Crippen LogP contribution is -2.51. The van der Waals surface area contributed by atoms with E-state index in [1.165, 1.54) is 0 Å². The maximum absolute atomic E-state index is 12.2. The first-order valence-electron chi connectivity index (χ1n) is 7.63. The molecule has 24 heavy (non-hydrogen) atoms. The van der Waals surface area contributed by atoms with E-state index in [9.17, 15) is 18.0 Å². The number of ether oxygens (including phenoxy) is 1. The minimum atomic E-state index is -4.37. The van der Waals surface area contributed by atoms with Crippen LogP contribution in [0.1, 0.15) is 24.8 Å². The molecule has 2 atom stereocenters. The highest BCUT2D eigenvalue weighted by molar-refractivity contribution is 6.01. The maximum Gasteiger partial charge on any atom is 0.411 e. The minimum Gasteiger partial charge on any atom is -0.368 e. The second kappa shape index (κ2) is 6.76. The molecule has 1 amide bonds. The van der Waals surface area contributed by atoms with Crippen molar-refractivity contribution in [3.8, 4) is 0 Å². The average molecular weight is 342 g/mol. The van der Waals surface area contributed by atoms with E-state index in [4.69, 9.17) is 4.74 Å². The lowest BCUT2D eigenvalue weighted by Gasteiger charge is -2.35. The van der Waals surface area contributed by atoms with Crippen molar-refractivity contribution in [3.63, 3.8) is 0 Å². The Balaban J connectivity index is 1.52. The Bertz CT molecular complexity index is 621. The second-order valence-corrected chi connectivity index (χ2v) is 5.77. The average Bonchev–Trinajstić information content (AvgIpc) is 3.03. The minimum absolute atomic E-state index is 0.0428. The number of likely N-dealkylation sites (tertiary alicyclic amines) is 1. The van der Waals surface area contributed by atoms with Crippen molar-refractivity contribution >= 4 is 11.6 Å². The zero-order chi connectivity index (χ0) is 17.2. The van der Waals surface area contributed by atoms with Gasteiger partial charge in [0.25, 0.3) is 0 Å². The van der Waals surface area contributed by atoms with Crippen molar-refractivity contribution in [2.24, 2.45) is 5.10 Å². The van der Waals surface area contributed by atoms with Gasteiger partial charge in [-0.05, 0) is 18.6 Å². The summed E-state index contributed by atoms with van der Waals surface area (Å²) in [6.45, 7) is -0.972. The van der Waals surface area contributed by atoms with Crippen LogP contribution in [-0.4, -0.2) is 53.1 Å². The number of nitrogens with one attached hydrogen (secondary N) is 1. The SMILES string of the molecule is O=C1CC(OCC(F)(F)F)CCN1C1CC(c2ccncc2)=NN1. The number of alkyl halides is 3. The van der Waals surface area contributed by atoms with Gasteiger partial charge in [-0.15, -0.1) is 0 Å². The van der Waals surface area contributed by atoms with Crippen LogP contribution in [0, 0.1) is 0 Å². The number of carbonyl (C=O) groups excluding carboxylic acids is 1. The van der Waals surface area contributed by atoms with Crippen LogP contribution in [0.5, 0.6) is 0 Å². The molecule has 9 heteroatoms. The van der Waals surface area contributed by atoms with Gasteiger partial charge in [0.15, 0.2) is 0 Å². The molecule has 1 saturated heterocycles. The van der Waals surface area contributed by atoms with Crippen LogP contribution in [0.4, 0.5) is 13.2 Å². The summed E-state index contributed by atoms with van der Waals surface area (Å²) in [6.07, 6.45) is -1.12. The summed E-state index contributed by atoms with van der Waals surface area (Å²) in [6, 6.07) is 3.67. The highest BCUT2D eigenvalue weighted by atomic mass is 19.4. The number of amides is 1. The Kier molecular flexibility index (Phi) is 4.70. The van der Waals surface area contributed by atoms with E-state index < -0.39 is 18.9 Å². The molecule has 6 nitrogen and oxygen atoms in total. The molecule has 1 aromatic rings. The van der Waals surface area contributed by atoms with E-state index >= 15 is 0 Å². The van der Waals surface area contributed by atoms with E-state index in [0.29, 0.717) is 19.4 Å². The first-order valence-corrected chi connectivity index (χ1v) is 7.63. The third-order valence-electron chi connectivity index (χ3n) is 4.02. The predicted octanol–water partition coefficient (Wildman–Crippen LogP) is 1.68. The normalized spacial score (nSPS) is 24.7. The van der Waals surface area contributed by atoms with Crippen LogP contribution >= 0.6 is 0 Å². The zero-order valence-electron chi connectivity index (χ0n) is 12.8. The van der Waals surface area contributed by atoms with Gasteiger partial charge in [-0.3, -0.25) is 15.2 Å². The monoisotopic (exact) mass is 342 g/mol. The molecule has 2 aliphatic rings. The summed E-state index contributed by atoms with van der Waals surface area (Å²) in [5.74, 6) is -0.225. The number of aromatic nitrogens is 1. The highest BCUT2D eigenvalue weighted by Gasteiger charge is 2.36. The molecule has 0 aromatic carbocycles. The smallest absolute Gasteiger partial charge is 0.368 e. The van der Waals surface area contributed by atoms with Gasteiger partial charge in [-0.25, -0.2) is 0 Å². The van der Waals surface area contributed by atoms with Gasteiger partial charge < -0.3 is 9.64 Å². The second-order valence-electron chi connectivity index (χ2n) is 5.77. The number of piperidine rings is 1. The van der Waals surface area contributed by atoms with Crippen LogP contribution in [-0.2, 0) is 9.53 Å². The van der Waals surface area contributed by atoms with E-state index in [1.54, 1.807) is 17.3 Å². The van der Waals surface area contributed by atoms with E-state index in [1.807, 2.05) is 12.1 Å². The third kappa shape index (κ3) is 4.02. The summed E-state index contributed by atoms with van der Waals surface area (Å²) < 4.78 is 41.3. The van der Waals surface area contributed by atoms with Crippen molar-refractivity contribution in [3.05, 3.63) is 30.1 Å². The van der Waals surface area contributed by atoms with E-state index in [0.717, 1.165) is 11.3 Å². The summed E-state index contributed by atoms with van der Waals surface area (Å²) in [5, 5.41) is 4.25. The number of carbonyl (C=O) groups is 1. The van der Waals surface area contributed by atoms with Gasteiger partial charge in [0.2, 0.25) is 5.91 Å². The Morgan fingerprint density at radius 3 is 2.71 bits per heavy atom. The number of hydrazone groups is 1. The van der Waals surface area contributed by atoms with Crippen molar-refractivity contribution in [2.45, 2.75) is 37.7 Å². The molecule has 3 rings (SSSR count). The summed E-state index contributed by atoms with van der Waals surface area (Å²) >= 11 is 0. The van der Waals surface area contributed by atoms with Gasteiger partial charge in [-0.1, -0.05) is 0 Å². The summed E-state index contributed by atoms with van der Waals surface area (Å²) in [5.41, 5.74) is 4.68. The quantitative estimate of drug-likeness (QED) is 0.904. The number of nitrogens with zero attached hydrogens (tertiary/aromatic N) is 3. The Morgan fingerprint density at radius 2 is 2.04 bits per heavy atom. The third-order valence-corrected chi connectivity index (χ3v) is 4.02. The van der Waals surface area contributed by atoms with Gasteiger partial charge in [0.05, 0.1) is 18.2 Å². The van der Waals surface area contributed by atoms with Crippen molar-refractivity contribution in [1.29, 1.82) is 0 Å². The largest absolute Gasteiger partial charge is 0.411 e. The van der Waals surface area contributed by atoms with Crippen molar-refractivity contribution in [2.75, 3.05) is 13.2 Å². The van der Waals surface area contributed by atoms with Crippen molar-refractivity contribution < 1.29 is 22.7 Å². The van der Waals surface area contributed by atoms with Gasteiger partial charge in [0.1, 0.15) is 12.8 Å². The lowest BCUT2D eigenvalue weighted by atomic mass is 10.0. The highest BCUT2D eigenvalue weighted by Crippen LogP contribution is 2.23. The van der Waals surface area contributed by atoms with Gasteiger partial charge >= 0.3 is 6.18 Å². The van der Waals surface area contributed by atoms with Gasteiger partial charge in [-0.2, -0.15) is 18.3 Å². The first kappa shape index (κ1) is 16.7. The number of halogens is 3. The van der Waals surface area contributed by atoms with Crippen LogP contribution in [0.2, 0.25) is 0 Å². The molecule has 1 fully saturated rings. The van der Waals surface area contributed by atoms with Crippen molar-refractivity contribution in [1.82, 2.24) is 15.3 Å². The first-order chi connectivity index (χ1) is 11.4. The number of rotatable bonds is 4. The molecule has 0 bridgehead atoms. The Morgan fingerprint density at radius 1 is 1.29 bits per heavy atom. The van der Waals surface area contributed by atoms with E-state index in [2.05, 4.69) is 15.5 Å². The van der Waals surface area contributed by atoms with Gasteiger partial charge in [0, 0.05) is 30.9 Å². The van der Waals surface area contributed by atoms with Crippen LogP contribution < -0.4 is 5.43 Å². The molecule has 1 N–H and O–H groups in total. The Hall–Kier alpha value is -2.16. The number of pyridine rings is 1. The lowest BCUT2D eigenvalue weighted by molar-refractivity contribution is -0.191. The summed E-state index contributed by atoms with van der Waals surface area (Å²) in [7, 11) is 0. The number of hydrogen-bond donors (Lipinski definition) is 1. The number of hydrogen-bond acceptors (Lipinski definition) is 5. The molecular weight excluding hydrogens is 325 g/mol. The van der Waals surface area contributed by atoms with Crippen LogP contribution in [0.3, 0.4) is 0 Å². The fourth-order valence-corrected chi connectivity index (χ4v) is 2.84. The fourth-order valence-electron chi connectivity index (χ4n) is 2.84. The molecule has 0 spiro atoms. The molecule has 1 aromatic heterocycles. The standard InChI is InChI=1S/C15H17F3N4O2/c16-15(17,18)9-24-11-3-6-22(14(23)7-11)13-8-12(20-21-13)10-1-4-19-5-2-10/h1-2,4-5,11,13,21H,3,6-9H2. The maximum atomic E-state index is 12.2.